The summed E-state index contributed by atoms with van der Waals surface area (Å²) in [4.78, 5) is 0. The maximum Gasteiger partial charge on any atom is 0.387 e. The van der Waals surface area contributed by atoms with Crippen molar-refractivity contribution in [2.75, 3.05) is 6.54 Å². The summed E-state index contributed by atoms with van der Waals surface area (Å²) in [6.07, 6.45) is 0.829. The van der Waals surface area contributed by atoms with Gasteiger partial charge in [0.05, 0.1) is 0 Å². The van der Waals surface area contributed by atoms with Gasteiger partial charge in [-0.25, -0.2) is 0 Å². The lowest BCUT2D eigenvalue weighted by Gasteiger charge is -2.18. The number of likely N-dealkylation sites (N-methyl/N-ethyl adjacent to an activating group) is 1. The molecule has 0 bridgehead atoms. The number of alkyl halides is 2. The monoisotopic (exact) mass is 297 g/mol. The molecule has 0 saturated carbocycles. The Morgan fingerprint density at radius 3 is 2.80 bits per heavy atom. The van der Waals surface area contributed by atoms with Crippen LogP contribution in [0.3, 0.4) is 0 Å². The Morgan fingerprint density at radius 1 is 1.30 bits per heavy atom. The van der Waals surface area contributed by atoms with E-state index in [1.807, 2.05) is 18.4 Å². The maximum atomic E-state index is 12.3. The van der Waals surface area contributed by atoms with Gasteiger partial charge < -0.3 is 10.1 Å². The molecule has 2 rings (SSSR count). The summed E-state index contributed by atoms with van der Waals surface area (Å²) in [5.74, 6) is 0.200. The Hall–Kier alpha value is -1.46. The summed E-state index contributed by atoms with van der Waals surface area (Å²) in [6, 6.07) is 9.06. The van der Waals surface area contributed by atoms with Crippen molar-refractivity contribution in [3.63, 3.8) is 0 Å². The number of hydrogen-bond acceptors (Lipinski definition) is 3. The van der Waals surface area contributed by atoms with E-state index in [4.69, 9.17) is 0 Å². The Balaban J connectivity index is 2.15. The highest BCUT2D eigenvalue weighted by Gasteiger charge is 2.13. The van der Waals surface area contributed by atoms with Crippen molar-refractivity contribution in [2.24, 2.45) is 0 Å². The molecule has 1 N–H and O–H groups in total. The van der Waals surface area contributed by atoms with Crippen molar-refractivity contribution in [1.29, 1.82) is 0 Å². The van der Waals surface area contributed by atoms with Gasteiger partial charge in [0.2, 0.25) is 0 Å². The summed E-state index contributed by atoms with van der Waals surface area (Å²) in [7, 11) is 0. The van der Waals surface area contributed by atoms with Crippen LogP contribution < -0.4 is 10.1 Å². The van der Waals surface area contributed by atoms with E-state index in [0.29, 0.717) is 0 Å². The Morgan fingerprint density at radius 2 is 2.15 bits per heavy atom. The predicted octanol–water partition coefficient (Wildman–Crippen LogP) is 4.24. The number of hydrogen-bond donors (Lipinski definition) is 1. The first-order valence-electron chi connectivity index (χ1n) is 6.48. The number of thiophene rings is 1. The fraction of sp³-hybridized carbons (Fsp3) is 0.333. The van der Waals surface area contributed by atoms with E-state index >= 15 is 0 Å². The van der Waals surface area contributed by atoms with Gasteiger partial charge in [0.25, 0.3) is 0 Å². The molecule has 0 aliphatic rings. The van der Waals surface area contributed by atoms with Crippen LogP contribution in [0.4, 0.5) is 8.78 Å². The van der Waals surface area contributed by atoms with Gasteiger partial charge in [-0.1, -0.05) is 19.1 Å². The number of benzene rings is 1. The number of ether oxygens (including phenoxy) is 1. The van der Waals surface area contributed by atoms with Gasteiger partial charge >= 0.3 is 6.61 Å². The Kier molecular flexibility index (Phi) is 5.49. The second-order valence-corrected chi connectivity index (χ2v) is 5.18. The van der Waals surface area contributed by atoms with Crippen LogP contribution in [0.25, 0.3) is 0 Å². The smallest absolute Gasteiger partial charge is 0.387 e. The molecule has 0 aliphatic heterocycles. The highest BCUT2D eigenvalue weighted by atomic mass is 32.1. The van der Waals surface area contributed by atoms with Crippen molar-refractivity contribution in [1.82, 2.24) is 5.32 Å². The van der Waals surface area contributed by atoms with Gasteiger partial charge in [-0.2, -0.15) is 20.1 Å². The van der Waals surface area contributed by atoms with E-state index < -0.39 is 6.61 Å². The zero-order valence-electron chi connectivity index (χ0n) is 11.2. The first-order chi connectivity index (χ1) is 9.69. The van der Waals surface area contributed by atoms with Crippen LogP contribution in [0.15, 0.2) is 41.1 Å². The van der Waals surface area contributed by atoms with Gasteiger partial charge in [0, 0.05) is 6.04 Å². The lowest BCUT2D eigenvalue weighted by Crippen LogP contribution is -2.22. The molecule has 0 amide bonds. The van der Waals surface area contributed by atoms with Crippen LogP contribution in [0.5, 0.6) is 5.75 Å². The lowest BCUT2D eigenvalue weighted by atomic mass is 10.0. The standard InChI is InChI=1S/C15H17F2NOS/c1-2-18-14(8-11-6-7-20-10-11)12-4-3-5-13(9-12)19-15(16)17/h3-7,9-10,14-15,18H,2,8H2,1H3. The summed E-state index contributed by atoms with van der Waals surface area (Å²) < 4.78 is 29.0. The molecule has 0 spiro atoms. The molecular weight excluding hydrogens is 280 g/mol. The van der Waals surface area contributed by atoms with E-state index in [2.05, 4.69) is 21.5 Å². The van der Waals surface area contributed by atoms with E-state index in [1.54, 1.807) is 29.5 Å². The average Bonchev–Trinajstić information content (AvgIpc) is 2.91. The second-order valence-electron chi connectivity index (χ2n) is 4.40. The number of halogens is 2. The fourth-order valence-electron chi connectivity index (χ4n) is 2.11. The van der Waals surface area contributed by atoms with Gasteiger partial charge in [0.1, 0.15) is 5.75 Å². The van der Waals surface area contributed by atoms with Gasteiger partial charge in [-0.05, 0) is 53.1 Å². The molecule has 2 nitrogen and oxygen atoms in total. The van der Waals surface area contributed by atoms with Crippen LogP contribution >= 0.6 is 11.3 Å². The fourth-order valence-corrected chi connectivity index (χ4v) is 2.79. The van der Waals surface area contributed by atoms with Crippen molar-refractivity contribution in [3.8, 4) is 5.75 Å². The van der Waals surface area contributed by atoms with E-state index in [1.165, 1.54) is 5.56 Å². The molecule has 1 atom stereocenters. The Labute approximate surface area is 121 Å². The molecule has 0 fully saturated rings. The minimum absolute atomic E-state index is 0.0934. The summed E-state index contributed by atoms with van der Waals surface area (Å²) in [6.45, 7) is 0.0502. The third kappa shape index (κ3) is 4.28. The predicted molar refractivity (Wildman–Crippen MR) is 77.5 cm³/mol. The van der Waals surface area contributed by atoms with Gasteiger partial charge in [-0.15, -0.1) is 0 Å². The Bertz CT molecular complexity index is 516. The maximum absolute atomic E-state index is 12.3. The minimum atomic E-state index is -2.79. The van der Waals surface area contributed by atoms with Crippen LogP contribution in [0.1, 0.15) is 24.1 Å². The van der Waals surface area contributed by atoms with E-state index in [-0.39, 0.29) is 11.8 Å². The molecule has 2 aromatic rings. The molecule has 108 valence electrons. The third-order valence-electron chi connectivity index (χ3n) is 2.96. The summed E-state index contributed by atoms with van der Waals surface area (Å²) >= 11 is 1.65. The molecule has 1 unspecified atom stereocenters. The quantitative estimate of drug-likeness (QED) is 0.825. The van der Waals surface area contributed by atoms with Crippen LogP contribution in [0, 0.1) is 0 Å². The highest BCUT2D eigenvalue weighted by Crippen LogP contribution is 2.24. The SMILES string of the molecule is CCNC(Cc1ccsc1)c1cccc(OC(F)F)c1. The van der Waals surface area contributed by atoms with Gasteiger partial charge in [0.15, 0.2) is 0 Å². The third-order valence-corrected chi connectivity index (χ3v) is 3.69. The van der Waals surface area contributed by atoms with E-state index in [0.717, 1.165) is 18.5 Å². The molecule has 1 heterocycles. The molecule has 0 aliphatic carbocycles. The zero-order chi connectivity index (χ0) is 14.4. The first kappa shape index (κ1) is 14.9. The minimum Gasteiger partial charge on any atom is -0.435 e. The normalized spacial score (nSPS) is 12.6. The molecule has 5 heteroatoms. The zero-order valence-corrected chi connectivity index (χ0v) is 12.0. The number of nitrogens with one attached hydrogen (secondary N) is 1. The van der Waals surface area contributed by atoms with Crippen LogP contribution in [-0.2, 0) is 6.42 Å². The van der Waals surface area contributed by atoms with Crippen molar-refractivity contribution >= 4 is 11.3 Å². The molecule has 0 radical (unpaired) electrons. The molecule has 0 saturated heterocycles. The van der Waals surface area contributed by atoms with Crippen LogP contribution in [-0.4, -0.2) is 13.2 Å². The highest BCUT2D eigenvalue weighted by molar-refractivity contribution is 7.07. The summed E-state index contributed by atoms with van der Waals surface area (Å²) in [5.41, 5.74) is 2.19. The lowest BCUT2D eigenvalue weighted by molar-refractivity contribution is -0.0499. The summed E-state index contributed by atoms with van der Waals surface area (Å²) in [5, 5.41) is 7.52. The van der Waals surface area contributed by atoms with Crippen molar-refractivity contribution in [3.05, 3.63) is 52.2 Å². The molecule has 20 heavy (non-hydrogen) atoms. The second kappa shape index (κ2) is 7.36. The van der Waals surface area contributed by atoms with Crippen molar-refractivity contribution in [2.45, 2.75) is 26.0 Å². The molecule has 1 aromatic carbocycles. The van der Waals surface area contributed by atoms with Crippen LogP contribution in [0.2, 0.25) is 0 Å². The number of rotatable bonds is 7. The molecular formula is C15H17F2NOS. The van der Waals surface area contributed by atoms with E-state index in [9.17, 15) is 8.78 Å². The topological polar surface area (TPSA) is 21.3 Å². The van der Waals surface area contributed by atoms with Gasteiger partial charge in [-0.3, -0.25) is 0 Å². The largest absolute Gasteiger partial charge is 0.435 e. The van der Waals surface area contributed by atoms with Crippen molar-refractivity contribution < 1.29 is 13.5 Å². The first-order valence-corrected chi connectivity index (χ1v) is 7.42. The average molecular weight is 297 g/mol. The molecule has 1 aromatic heterocycles.